The fraction of sp³-hybridized carbons (Fsp3) is 0.778. The van der Waals surface area contributed by atoms with E-state index in [0.29, 0.717) is 45.8 Å². The first kappa shape index (κ1) is 27.7. The summed E-state index contributed by atoms with van der Waals surface area (Å²) in [5.41, 5.74) is 0. The van der Waals surface area contributed by atoms with Gasteiger partial charge in [0.05, 0.1) is 39.4 Å². The van der Waals surface area contributed by atoms with Crippen molar-refractivity contribution in [2.45, 2.75) is 25.7 Å². The van der Waals surface area contributed by atoms with Crippen molar-refractivity contribution in [3.05, 3.63) is 0 Å². The number of aliphatic carboxylic acids is 3. The number of carbonyl (C=O) groups is 4. The van der Waals surface area contributed by atoms with Crippen LogP contribution in [0.15, 0.2) is 0 Å². The van der Waals surface area contributed by atoms with E-state index in [1.807, 2.05) is 0 Å². The van der Waals surface area contributed by atoms with Gasteiger partial charge in [0, 0.05) is 39.0 Å². The fourth-order valence-electron chi connectivity index (χ4n) is 2.26. The summed E-state index contributed by atoms with van der Waals surface area (Å²) in [6, 6.07) is 0. The molecule has 0 aromatic carbocycles. The normalized spacial score (nSPS) is 10.8. The molecular weight excluding hydrogens is 402 g/mol. The van der Waals surface area contributed by atoms with E-state index in [-0.39, 0.29) is 51.5 Å². The summed E-state index contributed by atoms with van der Waals surface area (Å²) in [6.45, 7) is 3.39. The largest absolute Gasteiger partial charge is 0.481 e. The zero-order valence-corrected chi connectivity index (χ0v) is 17.1. The number of hydrogen-bond acceptors (Lipinski definition) is 8. The maximum absolute atomic E-state index is 11.3. The van der Waals surface area contributed by atoms with Crippen molar-refractivity contribution < 1.29 is 44.0 Å². The van der Waals surface area contributed by atoms with Crippen molar-refractivity contribution in [1.29, 1.82) is 0 Å². The molecule has 0 atom stereocenters. The van der Waals surface area contributed by atoms with Gasteiger partial charge in [-0.25, -0.2) is 0 Å². The molecule has 0 heterocycles. The van der Waals surface area contributed by atoms with Gasteiger partial charge in [-0.1, -0.05) is 0 Å². The molecule has 0 fully saturated rings. The summed E-state index contributed by atoms with van der Waals surface area (Å²) >= 11 is 0. The van der Waals surface area contributed by atoms with Crippen LogP contribution in [0.3, 0.4) is 0 Å². The lowest BCUT2D eigenvalue weighted by molar-refractivity contribution is -0.139. The van der Waals surface area contributed by atoms with Crippen LogP contribution in [0.5, 0.6) is 0 Å². The van der Waals surface area contributed by atoms with E-state index >= 15 is 0 Å². The van der Waals surface area contributed by atoms with Crippen molar-refractivity contribution in [3.8, 4) is 0 Å². The molecule has 0 aliphatic rings. The molecule has 0 bridgehead atoms. The lowest BCUT2D eigenvalue weighted by Crippen LogP contribution is -2.36. The molecule has 0 saturated heterocycles. The Bertz CT molecular complexity index is 517. The number of ether oxygens (including phenoxy) is 2. The Morgan fingerprint density at radius 3 is 1.87 bits per heavy atom. The quantitative estimate of drug-likeness (QED) is 0.138. The standard InChI is InChI=1S/C18H33N3O9/c22-15(3-4-17(25)26)20-7-11-30-13-9-21(14-18(27)28)8-12-29-10-6-19-5-1-2-16(23)24/h19H,1-14H2,(H,20,22)(H,23,24)(H,25,26)(H,27,28). The van der Waals surface area contributed by atoms with Crippen LogP contribution in [0.1, 0.15) is 25.7 Å². The lowest BCUT2D eigenvalue weighted by Gasteiger charge is -2.20. The molecule has 0 rings (SSSR count). The molecule has 5 N–H and O–H groups in total. The number of nitrogens with zero attached hydrogens (tertiary/aromatic N) is 1. The smallest absolute Gasteiger partial charge is 0.317 e. The van der Waals surface area contributed by atoms with Crippen molar-refractivity contribution in [1.82, 2.24) is 15.5 Å². The Balaban J connectivity index is 3.73. The van der Waals surface area contributed by atoms with Crippen molar-refractivity contribution in [2.24, 2.45) is 0 Å². The highest BCUT2D eigenvalue weighted by molar-refractivity contribution is 5.80. The van der Waals surface area contributed by atoms with Gasteiger partial charge in [-0.05, 0) is 13.0 Å². The molecule has 0 spiro atoms. The van der Waals surface area contributed by atoms with E-state index in [4.69, 9.17) is 24.8 Å². The highest BCUT2D eigenvalue weighted by Crippen LogP contribution is 1.92. The molecular formula is C18H33N3O9. The predicted octanol–water partition coefficient (Wildman–Crippen LogP) is -1.16. The van der Waals surface area contributed by atoms with Crippen molar-refractivity contribution in [2.75, 3.05) is 65.7 Å². The zero-order valence-electron chi connectivity index (χ0n) is 17.1. The first-order valence-electron chi connectivity index (χ1n) is 9.82. The van der Waals surface area contributed by atoms with Gasteiger partial charge < -0.3 is 35.4 Å². The van der Waals surface area contributed by atoms with Gasteiger partial charge in [-0.2, -0.15) is 0 Å². The van der Waals surface area contributed by atoms with Gasteiger partial charge in [0.2, 0.25) is 5.91 Å². The van der Waals surface area contributed by atoms with Crippen LogP contribution in [0.25, 0.3) is 0 Å². The third kappa shape index (κ3) is 20.5. The summed E-state index contributed by atoms with van der Waals surface area (Å²) in [5, 5.41) is 31.6. The first-order chi connectivity index (χ1) is 14.3. The summed E-state index contributed by atoms with van der Waals surface area (Å²) in [5.74, 6) is -3.17. The average Bonchev–Trinajstić information content (AvgIpc) is 2.66. The third-order valence-corrected chi connectivity index (χ3v) is 3.76. The molecule has 0 unspecified atom stereocenters. The Kier molecular flexibility index (Phi) is 17.3. The number of carboxylic acid groups (broad SMARTS) is 3. The first-order valence-corrected chi connectivity index (χ1v) is 9.82. The number of amides is 1. The number of hydrogen-bond donors (Lipinski definition) is 5. The Hall–Kier alpha value is -2.28. The van der Waals surface area contributed by atoms with E-state index in [1.165, 1.54) is 0 Å². The summed E-state index contributed by atoms with van der Waals surface area (Å²) in [6.07, 6.45) is 0.365. The minimum Gasteiger partial charge on any atom is -0.481 e. The topological polar surface area (TPSA) is 175 Å². The highest BCUT2D eigenvalue weighted by Gasteiger charge is 2.10. The molecule has 1 amide bonds. The summed E-state index contributed by atoms with van der Waals surface area (Å²) < 4.78 is 10.8. The average molecular weight is 435 g/mol. The molecule has 0 aromatic heterocycles. The SMILES string of the molecule is O=C(O)CCCNCCOCCN(CCOCCNC(=O)CCC(=O)O)CC(=O)O. The van der Waals surface area contributed by atoms with Crippen LogP contribution in [-0.4, -0.2) is 110 Å². The summed E-state index contributed by atoms with van der Waals surface area (Å²) in [4.78, 5) is 44.7. The van der Waals surface area contributed by atoms with Crippen LogP contribution >= 0.6 is 0 Å². The van der Waals surface area contributed by atoms with Crippen LogP contribution < -0.4 is 10.6 Å². The molecule has 174 valence electrons. The molecule has 0 saturated carbocycles. The van der Waals surface area contributed by atoms with E-state index in [9.17, 15) is 19.2 Å². The minimum absolute atomic E-state index is 0.0838. The lowest BCUT2D eigenvalue weighted by atomic mass is 10.3. The minimum atomic E-state index is -1.03. The maximum atomic E-state index is 11.3. The van der Waals surface area contributed by atoms with Crippen molar-refractivity contribution in [3.63, 3.8) is 0 Å². The number of carboxylic acids is 3. The van der Waals surface area contributed by atoms with Gasteiger partial charge >= 0.3 is 17.9 Å². The second kappa shape index (κ2) is 18.7. The van der Waals surface area contributed by atoms with E-state index in [2.05, 4.69) is 10.6 Å². The van der Waals surface area contributed by atoms with Gasteiger partial charge in [-0.3, -0.25) is 24.1 Å². The van der Waals surface area contributed by atoms with Gasteiger partial charge in [0.1, 0.15) is 0 Å². The van der Waals surface area contributed by atoms with Gasteiger partial charge in [-0.15, -0.1) is 0 Å². The molecule has 0 radical (unpaired) electrons. The zero-order chi connectivity index (χ0) is 22.6. The third-order valence-electron chi connectivity index (χ3n) is 3.76. The molecule has 12 nitrogen and oxygen atoms in total. The molecule has 0 aromatic rings. The Morgan fingerprint density at radius 2 is 1.30 bits per heavy atom. The molecule has 30 heavy (non-hydrogen) atoms. The highest BCUT2D eigenvalue weighted by atomic mass is 16.5. The van der Waals surface area contributed by atoms with Gasteiger partial charge in [0.15, 0.2) is 0 Å². The Labute approximate surface area is 175 Å². The fourth-order valence-corrected chi connectivity index (χ4v) is 2.26. The number of rotatable bonds is 21. The monoisotopic (exact) mass is 435 g/mol. The van der Waals surface area contributed by atoms with Crippen LogP contribution in [0.2, 0.25) is 0 Å². The van der Waals surface area contributed by atoms with E-state index in [0.717, 1.165) is 0 Å². The second-order valence-electron chi connectivity index (χ2n) is 6.39. The van der Waals surface area contributed by atoms with Crippen LogP contribution in [0, 0.1) is 0 Å². The molecule has 0 aliphatic carbocycles. The van der Waals surface area contributed by atoms with Crippen molar-refractivity contribution >= 4 is 23.8 Å². The predicted molar refractivity (Wildman–Crippen MR) is 105 cm³/mol. The van der Waals surface area contributed by atoms with Crippen LogP contribution in [0.4, 0.5) is 0 Å². The summed E-state index contributed by atoms with van der Waals surface area (Å²) in [7, 11) is 0. The van der Waals surface area contributed by atoms with Crippen LogP contribution in [-0.2, 0) is 28.7 Å². The molecule has 0 aliphatic heterocycles. The van der Waals surface area contributed by atoms with E-state index in [1.54, 1.807) is 4.90 Å². The number of carbonyl (C=O) groups excluding carboxylic acids is 1. The maximum Gasteiger partial charge on any atom is 0.317 e. The Morgan fingerprint density at radius 1 is 0.700 bits per heavy atom. The molecule has 12 heteroatoms. The number of nitrogens with one attached hydrogen (secondary N) is 2. The van der Waals surface area contributed by atoms with Gasteiger partial charge in [0.25, 0.3) is 0 Å². The second-order valence-corrected chi connectivity index (χ2v) is 6.39. The van der Waals surface area contributed by atoms with E-state index < -0.39 is 17.9 Å².